The number of carbonyl (C=O) groups is 1. The van der Waals surface area contributed by atoms with Gasteiger partial charge in [0.2, 0.25) is 5.91 Å². The lowest BCUT2D eigenvalue weighted by molar-refractivity contribution is -0.116. The van der Waals surface area contributed by atoms with Gasteiger partial charge in [-0.05, 0) is 47.7 Å². The average Bonchev–Trinajstić information content (AvgIpc) is 2.61. The van der Waals surface area contributed by atoms with E-state index in [-0.39, 0.29) is 16.6 Å². The molecule has 0 aliphatic heterocycles. The van der Waals surface area contributed by atoms with Crippen LogP contribution in [0.25, 0.3) is 0 Å². The Bertz CT molecular complexity index is 807. The van der Waals surface area contributed by atoms with Gasteiger partial charge in [0.05, 0.1) is 10.6 Å². The van der Waals surface area contributed by atoms with E-state index in [1.165, 1.54) is 17.7 Å². The molecule has 1 N–H and O–H groups in total. The Morgan fingerprint density at radius 3 is 2.12 bits per heavy atom. The van der Waals surface area contributed by atoms with Crippen LogP contribution >= 0.6 is 0 Å². The normalized spacial score (nSPS) is 11.5. The Labute approximate surface area is 150 Å². The highest BCUT2D eigenvalue weighted by molar-refractivity contribution is 7.91. The van der Waals surface area contributed by atoms with Crippen LogP contribution in [0.5, 0.6) is 0 Å². The Hall–Kier alpha value is -2.14. The summed E-state index contributed by atoms with van der Waals surface area (Å²) in [6.45, 7) is 5.91. The molecule has 0 spiro atoms. The van der Waals surface area contributed by atoms with Gasteiger partial charge in [-0.25, -0.2) is 8.42 Å². The van der Waals surface area contributed by atoms with E-state index in [1.807, 2.05) is 0 Å². The van der Waals surface area contributed by atoms with Crippen LogP contribution in [-0.4, -0.2) is 20.1 Å². The third kappa shape index (κ3) is 5.43. The quantitative estimate of drug-likeness (QED) is 0.807. The van der Waals surface area contributed by atoms with Crippen LogP contribution in [0.15, 0.2) is 53.4 Å². The van der Waals surface area contributed by atoms with Gasteiger partial charge in [0.25, 0.3) is 0 Å². The van der Waals surface area contributed by atoms with Gasteiger partial charge in [-0.3, -0.25) is 4.79 Å². The predicted octanol–water partition coefficient (Wildman–Crippen LogP) is 4.17. The molecule has 0 atom stereocenters. The molecule has 0 radical (unpaired) electrons. The molecule has 0 aliphatic rings. The lowest BCUT2D eigenvalue weighted by Crippen LogP contribution is -2.12. The molecule has 0 saturated carbocycles. The average molecular weight is 359 g/mol. The summed E-state index contributed by atoms with van der Waals surface area (Å²) in [5.74, 6) is 0.477. The molecule has 0 bridgehead atoms. The van der Waals surface area contributed by atoms with Crippen molar-refractivity contribution in [2.24, 2.45) is 0 Å². The molecule has 2 aromatic carbocycles. The van der Waals surface area contributed by atoms with Crippen LogP contribution in [0.2, 0.25) is 0 Å². The highest BCUT2D eigenvalue weighted by atomic mass is 32.2. The molecule has 0 heterocycles. The summed E-state index contributed by atoms with van der Waals surface area (Å²) in [6.07, 6.45) is 1.06. The molecule has 134 valence electrons. The van der Waals surface area contributed by atoms with Crippen molar-refractivity contribution in [2.75, 3.05) is 11.1 Å². The van der Waals surface area contributed by atoms with Crippen molar-refractivity contribution in [1.29, 1.82) is 0 Å². The van der Waals surface area contributed by atoms with Gasteiger partial charge >= 0.3 is 0 Å². The number of carbonyl (C=O) groups excluding carboxylic acids is 1. The van der Waals surface area contributed by atoms with E-state index in [0.717, 1.165) is 5.56 Å². The highest BCUT2D eigenvalue weighted by Gasteiger charge is 2.11. The van der Waals surface area contributed by atoms with E-state index in [2.05, 4.69) is 43.4 Å². The number of anilines is 1. The summed E-state index contributed by atoms with van der Waals surface area (Å²) in [4.78, 5) is 12.3. The van der Waals surface area contributed by atoms with E-state index in [1.54, 1.807) is 19.1 Å². The standard InChI is InChI=1S/C20H25NO3S/c1-4-25(23,24)19-12-10-18(11-13-19)21-20(22)14-7-16-5-8-17(9-6-16)15(2)3/h5-6,8-13,15H,4,7,14H2,1-3H3,(H,21,22). The van der Waals surface area contributed by atoms with Crippen molar-refractivity contribution in [2.45, 2.75) is 44.4 Å². The zero-order valence-corrected chi connectivity index (χ0v) is 15.8. The third-order valence-electron chi connectivity index (χ3n) is 4.16. The second-order valence-corrected chi connectivity index (χ2v) is 8.65. The summed E-state index contributed by atoms with van der Waals surface area (Å²) < 4.78 is 23.5. The van der Waals surface area contributed by atoms with Gasteiger partial charge in [0, 0.05) is 12.1 Å². The molecule has 1 amide bonds. The van der Waals surface area contributed by atoms with Gasteiger partial charge in [0.1, 0.15) is 0 Å². The van der Waals surface area contributed by atoms with E-state index in [9.17, 15) is 13.2 Å². The van der Waals surface area contributed by atoms with E-state index < -0.39 is 9.84 Å². The van der Waals surface area contributed by atoms with Crippen LogP contribution in [0.1, 0.15) is 44.2 Å². The smallest absolute Gasteiger partial charge is 0.224 e. The van der Waals surface area contributed by atoms with Crippen molar-refractivity contribution in [1.82, 2.24) is 0 Å². The maximum Gasteiger partial charge on any atom is 0.224 e. The number of hydrogen-bond acceptors (Lipinski definition) is 3. The van der Waals surface area contributed by atoms with Gasteiger partial charge in [-0.15, -0.1) is 0 Å². The minimum absolute atomic E-state index is 0.0638. The minimum Gasteiger partial charge on any atom is -0.326 e. The summed E-state index contributed by atoms with van der Waals surface area (Å²) in [7, 11) is -3.21. The lowest BCUT2D eigenvalue weighted by atomic mass is 10.0. The number of benzene rings is 2. The molecule has 0 aliphatic carbocycles. The third-order valence-corrected chi connectivity index (χ3v) is 5.91. The summed E-state index contributed by atoms with van der Waals surface area (Å²) >= 11 is 0. The van der Waals surface area contributed by atoms with Crippen molar-refractivity contribution in [3.63, 3.8) is 0 Å². The van der Waals surface area contributed by atoms with Crippen molar-refractivity contribution < 1.29 is 13.2 Å². The number of sulfone groups is 1. The minimum atomic E-state index is -3.21. The molecule has 25 heavy (non-hydrogen) atoms. The SMILES string of the molecule is CCS(=O)(=O)c1ccc(NC(=O)CCc2ccc(C(C)C)cc2)cc1. The fourth-order valence-corrected chi connectivity index (χ4v) is 3.35. The van der Waals surface area contributed by atoms with Crippen LogP contribution in [-0.2, 0) is 21.1 Å². The second kappa shape index (κ2) is 8.30. The largest absolute Gasteiger partial charge is 0.326 e. The number of nitrogens with one attached hydrogen (secondary N) is 1. The molecule has 2 rings (SSSR count). The van der Waals surface area contributed by atoms with E-state index >= 15 is 0 Å². The van der Waals surface area contributed by atoms with Crippen molar-refractivity contribution in [3.05, 3.63) is 59.7 Å². The zero-order valence-electron chi connectivity index (χ0n) is 15.0. The first kappa shape index (κ1) is 19.2. The highest BCUT2D eigenvalue weighted by Crippen LogP contribution is 2.17. The number of hydrogen-bond donors (Lipinski definition) is 1. The first-order valence-electron chi connectivity index (χ1n) is 8.53. The van der Waals surface area contributed by atoms with E-state index in [0.29, 0.717) is 24.4 Å². The van der Waals surface area contributed by atoms with Gasteiger partial charge < -0.3 is 5.32 Å². The maximum absolute atomic E-state index is 12.1. The van der Waals surface area contributed by atoms with Crippen LogP contribution in [0.4, 0.5) is 5.69 Å². The number of amides is 1. The van der Waals surface area contributed by atoms with Crippen LogP contribution < -0.4 is 5.32 Å². The molecule has 2 aromatic rings. The first-order valence-corrected chi connectivity index (χ1v) is 10.2. The van der Waals surface area contributed by atoms with Crippen LogP contribution in [0, 0.1) is 0 Å². The predicted molar refractivity (Wildman–Crippen MR) is 102 cm³/mol. The second-order valence-electron chi connectivity index (χ2n) is 6.37. The fourth-order valence-electron chi connectivity index (χ4n) is 2.46. The Kier molecular flexibility index (Phi) is 6.37. The zero-order chi connectivity index (χ0) is 18.4. The van der Waals surface area contributed by atoms with Gasteiger partial charge in [-0.1, -0.05) is 45.0 Å². The van der Waals surface area contributed by atoms with Crippen LogP contribution in [0.3, 0.4) is 0 Å². The Morgan fingerprint density at radius 2 is 1.60 bits per heavy atom. The summed E-state index contributed by atoms with van der Waals surface area (Å²) in [5, 5.41) is 2.80. The van der Waals surface area contributed by atoms with Crippen molar-refractivity contribution >= 4 is 21.4 Å². The topological polar surface area (TPSA) is 63.2 Å². The van der Waals surface area contributed by atoms with Gasteiger partial charge in [0.15, 0.2) is 9.84 Å². The summed E-state index contributed by atoms with van der Waals surface area (Å²) in [6, 6.07) is 14.6. The van der Waals surface area contributed by atoms with Crippen molar-refractivity contribution in [3.8, 4) is 0 Å². The number of aryl methyl sites for hydroxylation is 1. The Balaban J connectivity index is 1.90. The van der Waals surface area contributed by atoms with Gasteiger partial charge in [-0.2, -0.15) is 0 Å². The first-order chi connectivity index (χ1) is 11.8. The lowest BCUT2D eigenvalue weighted by Gasteiger charge is -2.08. The molecule has 0 fully saturated rings. The molecule has 4 nitrogen and oxygen atoms in total. The molecular formula is C20H25NO3S. The van der Waals surface area contributed by atoms with E-state index in [4.69, 9.17) is 0 Å². The Morgan fingerprint density at radius 1 is 1.00 bits per heavy atom. The monoisotopic (exact) mass is 359 g/mol. The molecule has 0 aromatic heterocycles. The molecule has 0 unspecified atom stereocenters. The molecule has 0 saturated heterocycles. The maximum atomic E-state index is 12.1. The molecule has 5 heteroatoms. The number of rotatable bonds is 7. The molecular weight excluding hydrogens is 334 g/mol. The fraction of sp³-hybridized carbons (Fsp3) is 0.350. The summed E-state index contributed by atoms with van der Waals surface area (Å²) in [5.41, 5.74) is 3.02.